The van der Waals surface area contributed by atoms with Crippen molar-refractivity contribution >= 4 is 39.1 Å². The molecule has 2 aromatic rings. The molecule has 148 valence electrons. The topological polar surface area (TPSA) is 81.7 Å². The van der Waals surface area contributed by atoms with Crippen molar-refractivity contribution in [2.75, 3.05) is 29.9 Å². The van der Waals surface area contributed by atoms with Crippen LogP contribution in [0.1, 0.15) is 28.8 Å². The van der Waals surface area contributed by atoms with Gasteiger partial charge in [0.05, 0.1) is 12.6 Å². The minimum absolute atomic E-state index is 0.0975. The third-order valence-electron chi connectivity index (χ3n) is 4.81. The Morgan fingerprint density at radius 1 is 1.14 bits per heavy atom. The summed E-state index contributed by atoms with van der Waals surface area (Å²) in [6.45, 7) is 3.46. The maximum Gasteiger partial charge on any atom is 0.251 e. The van der Waals surface area contributed by atoms with E-state index in [0.29, 0.717) is 11.3 Å². The molecule has 2 amide bonds. The first kappa shape index (κ1) is 20.4. The number of nitrogens with one attached hydrogen (secondary N) is 2. The summed E-state index contributed by atoms with van der Waals surface area (Å²) < 4.78 is 0.975. The predicted octanol–water partition coefficient (Wildman–Crippen LogP) is 3.09. The van der Waals surface area contributed by atoms with Gasteiger partial charge in [-0.1, -0.05) is 15.9 Å². The first-order valence-electron chi connectivity index (χ1n) is 9.29. The number of benzene rings is 2. The zero-order valence-electron chi connectivity index (χ0n) is 15.7. The van der Waals surface area contributed by atoms with Crippen molar-refractivity contribution in [3.05, 3.63) is 58.1 Å². The Labute approximate surface area is 173 Å². The van der Waals surface area contributed by atoms with Crippen LogP contribution in [0.5, 0.6) is 0 Å². The van der Waals surface area contributed by atoms with E-state index in [2.05, 4.69) is 31.5 Å². The number of nitrogens with zero attached hydrogens (tertiary/aromatic N) is 1. The van der Waals surface area contributed by atoms with E-state index < -0.39 is 0 Å². The number of piperidine rings is 1. The molecule has 3 N–H and O–H groups in total. The second-order valence-electron chi connectivity index (χ2n) is 6.96. The quantitative estimate of drug-likeness (QED) is 0.660. The van der Waals surface area contributed by atoms with Gasteiger partial charge in [0.25, 0.3) is 5.91 Å². The molecule has 6 nitrogen and oxygen atoms in total. The zero-order chi connectivity index (χ0) is 20.1. The molecule has 1 aliphatic rings. The minimum Gasteiger partial charge on any atom is -0.393 e. The van der Waals surface area contributed by atoms with Crippen LogP contribution in [0.4, 0.5) is 11.4 Å². The SMILES string of the molecule is Cc1cc(NC(=O)CNC(=O)c2ccc(N3CCC(O)CC3)cc2)ccc1Br. The molecule has 7 heteroatoms. The van der Waals surface area contributed by atoms with Gasteiger partial charge in [-0.05, 0) is 67.8 Å². The molecule has 2 aromatic carbocycles. The molecule has 28 heavy (non-hydrogen) atoms. The summed E-state index contributed by atoms with van der Waals surface area (Å²) in [5.41, 5.74) is 3.25. The smallest absolute Gasteiger partial charge is 0.251 e. The average Bonchev–Trinajstić information content (AvgIpc) is 2.70. The lowest BCUT2D eigenvalue weighted by Gasteiger charge is -2.31. The van der Waals surface area contributed by atoms with Crippen LogP contribution in [0.15, 0.2) is 46.9 Å². The van der Waals surface area contributed by atoms with Crippen LogP contribution in [-0.4, -0.2) is 42.7 Å². The van der Waals surface area contributed by atoms with Crippen LogP contribution in [0.3, 0.4) is 0 Å². The predicted molar refractivity (Wildman–Crippen MR) is 114 cm³/mol. The van der Waals surface area contributed by atoms with Crippen molar-refractivity contribution in [1.82, 2.24) is 5.32 Å². The number of aliphatic hydroxyl groups is 1. The fourth-order valence-corrected chi connectivity index (χ4v) is 3.38. The molecule has 0 atom stereocenters. The number of aliphatic hydroxyl groups excluding tert-OH is 1. The summed E-state index contributed by atoms with van der Waals surface area (Å²) in [6.07, 6.45) is 1.30. The Bertz CT molecular complexity index is 846. The van der Waals surface area contributed by atoms with E-state index in [1.165, 1.54) is 0 Å². The monoisotopic (exact) mass is 445 g/mol. The number of rotatable bonds is 5. The van der Waals surface area contributed by atoms with Crippen LogP contribution in [-0.2, 0) is 4.79 Å². The standard InChI is InChI=1S/C21H24BrN3O3/c1-14-12-16(4-7-19(14)22)24-20(27)13-23-21(28)15-2-5-17(6-3-15)25-10-8-18(26)9-11-25/h2-7,12,18,26H,8-11,13H2,1H3,(H,23,28)(H,24,27). The van der Waals surface area contributed by atoms with E-state index in [-0.39, 0.29) is 24.5 Å². The Morgan fingerprint density at radius 2 is 1.82 bits per heavy atom. The van der Waals surface area contributed by atoms with Crippen molar-refractivity contribution in [2.24, 2.45) is 0 Å². The summed E-state index contributed by atoms with van der Waals surface area (Å²) >= 11 is 3.42. The molecule has 0 unspecified atom stereocenters. The summed E-state index contributed by atoms with van der Waals surface area (Å²) in [5, 5.41) is 15.0. The highest BCUT2D eigenvalue weighted by atomic mass is 79.9. The Balaban J connectivity index is 1.50. The Morgan fingerprint density at radius 3 is 2.46 bits per heavy atom. The van der Waals surface area contributed by atoms with Gasteiger partial charge in [0.2, 0.25) is 5.91 Å². The van der Waals surface area contributed by atoms with Gasteiger partial charge in [-0.3, -0.25) is 9.59 Å². The minimum atomic E-state index is -0.289. The number of carbonyl (C=O) groups is 2. The van der Waals surface area contributed by atoms with Crippen LogP contribution in [0.2, 0.25) is 0 Å². The summed E-state index contributed by atoms with van der Waals surface area (Å²) in [7, 11) is 0. The molecule has 1 heterocycles. The third-order valence-corrected chi connectivity index (χ3v) is 5.70. The van der Waals surface area contributed by atoms with Gasteiger partial charge in [-0.15, -0.1) is 0 Å². The number of hydrogen-bond donors (Lipinski definition) is 3. The van der Waals surface area contributed by atoms with Gasteiger partial charge < -0.3 is 20.6 Å². The Hall–Kier alpha value is -2.38. The fourth-order valence-electron chi connectivity index (χ4n) is 3.14. The highest BCUT2D eigenvalue weighted by molar-refractivity contribution is 9.10. The first-order valence-corrected chi connectivity index (χ1v) is 10.1. The van der Waals surface area contributed by atoms with E-state index >= 15 is 0 Å². The van der Waals surface area contributed by atoms with Crippen molar-refractivity contribution in [3.8, 4) is 0 Å². The highest BCUT2D eigenvalue weighted by Gasteiger charge is 2.17. The van der Waals surface area contributed by atoms with Crippen molar-refractivity contribution in [1.29, 1.82) is 0 Å². The van der Waals surface area contributed by atoms with Crippen LogP contribution in [0.25, 0.3) is 0 Å². The second-order valence-corrected chi connectivity index (χ2v) is 7.81. The normalized spacial score (nSPS) is 14.6. The van der Waals surface area contributed by atoms with Crippen LogP contribution < -0.4 is 15.5 Å². The molecule has 0 spiro atoms. The molecule has 1 fully saturated rings. The van der Waals surface area contributed by atoms with E-state index in [0.717, 1.165) is 41.7 Å². The van der Waals surface area contributed by atoms with Gasteiger partial charge in [-0.2, -0.15) is 0 Å². The van der Waals surface area contributed by atoms with E-state index in [4.69, 9.17) is 0 Å². The van der Waals surface area contributed by atoms with Crippen molar-refractivity contribution < 1.29 is 14.7 Å². The lowest BCUT2D eigenvalue weighted by molar-refractivity contribution is -0.115. The maximum absolute atomic E-state index is 12.3. The number of hydrogen-bond acceptors (Lipinski definition) is 4. The molecule has 0 saturated carbocycles. The Kier molecular flexibility index (Phi) is 6.70. The molecule has 0 radical (unpaired) electrons. The second kappa shape index (κ2) is 9.21. The molecule has 1 aliphatic heterocycles. The van der Waals surface area contributed by atoms with Crippen molar-refractivity contribution in [2.45, 2.75) is 25.9 Å². The fraction of sp³-hybridized carbons (Fsp3) is 0.333. The number of carbonyl (C=O) groups excluding carboxylic acids is 2. The van der Waals surface area contributed by atoms with Crippen LogP contribution in [0, 0.1) is 6.92 Å². The lowest BCUT2D eigenvalue weighted by atomic mass is 10.1. The molecule has 3 rings (SSSR count). The van der Waals surface area contributed by atoms with Gasteiger partial charge in [0.15, 0.2) is 0 Å². The summed E-state index contributed by atoms with van der Waals surface area (Å²) in [6, 6.07) is 12.8. The van der Waals surface area contributed by atoms with Crippen LogP contribution >= 0.6 is 15.9 Å². The molecule has 0 bridgehead atoms. The van der Waals surface area contributed by atoms with E-state index in [1.54, 1.807) is 18.2 Å². The third kappa shape index (κ3) is 5.33. The lowest BCUT2D eigenvalue weighted by Crippen LogP contribution is -2.36. The average molecular weight is 446 g/mol. The number of anilines is 2. The zero-order valence-corrected chi connectivity index (χ0v) is 17.3. The van der Waals surface area contributed by atoms with Crippen molar-refractivity contribution in [3.63, 3.8) is 0 Å². The molecule has 1 saturated heterocycles. The van der Waals surface area contributed by atoms with Gasteiger partial charge >= 0.3 is 0 Å². The number of halogens is 1. The number of aryl methyl sites for hydroxylation is 1. The largest absolute Gasteiger partial charge is 0.393 e. The number of amides is 2. The van der Waals surface area contributed by atoms with E-state index in [9.17, 15) is 14.7 Å². The highest BCUT2D eigenvalue weighted by Crippen LogP contribution is 2.21. The maximum atomic E-state index is 12.3. The molecular weight excluding hydrogens is 422 g/mol. The summed E-state index contributed by atoms with van der Waals surface area (Å²) in [4.78, 5) is 26.6. The first-order chi connectivity index (χ1) is 13.4. The summed E-state index contributed by atoms with van der Waals surface area (Å²) in [5.74, 6) is -0.568. The van der Waals surface area contributed by atoms with E-state index in [1.807, 2.05) is 31.2 Å². The molecule has 0 aliphatic carbocycles. The van der Waals surface area contributed by atoms with Gasteiger partial charge in [0.1, 0.15) is 0 Å². The van der Waals surface area contributed by atoms with Gasteiger partial charge in [-0.25, -0.2) is 0 Å². The molecule has 0 aromatic heterocycles. The van der Waals surface area contributed by atoms with Gasteiger partial charge in [0, 0.05) is 34.5 Å². The molecular formula is C21H24BrN3O3.